The summed E-state index contributed by atoms with van der Waals surface area (Å²) >= 11 is 1.70. The van der Waals surface area contributed by atoms with E-state index in [0.717, 1.165) is 12.3 Å². The number of nitro groups is 1. The minimum atomic E-state index is -3.51. The molecular weight excluding hydrogens is 414 g/mol. The molecule has 158 valence electrons. The summed E-state index contributed by atoms with van der Waals surface area (Å²) in [5.74, 6) is 0.655. The van der Waals surface area contributed by atoms with Crippen LogP contribution in [0.4, 0.5) is 11.4 Å². The van der Waals surface area contributed by atoms with Crippen molar-refractivity contribution in [3.8, 4) is 0 Å². The number of nitrogens with zero attached hydrogens (tertiary/aromatic N) is 2. The van der Waals surface area contributed by atoms with Crippen molar-refractivity contribution in [1.29, 1.82) is 0 Å². The molecule has 9 nitrogen and oxygen atoms in total. The molecule has 0 radical (unpaired) electrons. The van der Waals surface area contributed by atoms with E-state index in [0.29, 0.717) is 32.1 Å². The van der Waals surface area contributed by atoms with E-state index in [2.05, 4.69) is 33.9 Å². The Kier molecular flexibility index (Phi) is 7.97. The molecule has 0 aliphatic carbocycles. The van der Waals surface area contributed by atoms with E-state index in [1.165, 1.54) is 21.9 Å². The normalized spacial score (nSPS) is 11.9. The lowest BCUT2D eigenvalue weighted by atomic mass is 10.2. The highest BCUT2D eigenvalue weighted by Crippen LogP contribution is 2.27. The van der Waals surface area contributed by atoms with E-state index >= 15 is 0 Å². The first-order valence-corrected chi connectivity index (χ1v) is 11.7. The van der Waals surface area contributed by atoms with Gasteiger partial charge in [-0.15, -0.1) is 11.3 Å². The molecule has 0 unspecified atom stereocenters. The largest absolute Gasteiger partial charge is 0.378 e. The average Bonchev–Trinajstić information content (AvgIpc) is 3.07. The van der Waals surface area contributed by atoms with Gasteiger partial charge in [0.25, 0.3) is 5.69 Å². The molecule has 0 aliphatic heterocycles. The Morgan fingerprint density at radius 1 is 1.21 bits per heavy atom. The minimum Gasteiger partial charge on any atom is -0.378 e. The maximum Gasteiger partial charge on any atom is 0.293 e. The fraction of sp³-hybridized carbons (Fsp3) is 0.389. The number of aliphatic imine (C=N–C) groups is 1. The molecule has 0 bridgehead atoms. The van der Waals surface area contributed by atoms with Crippen molar-refractivity contribution in [2.24, 2.45) is 4.99 Å². The van der Waals surface area contributed by atoms with Gasteiger partial charge in [-0.25, -0.2) is 13.4 Å². The zero-order chi connectivity index (χ0) is 21.4. The SMILES string of the molecule is CCNC(=NCc1ccc(C)s1)NCCNc1ccc(S(C)(=O)=O)cc1[N+](=O)[O-]. The van der Waals surface area contributed by atoms with Crippen LogP contribution in [0.5, 0.6) is 0 Å². The first kappa shape index (κ1) is 22.6. The molecule has 2 aromatic rings. The Morgan fingerprint density at radius 2 is 1.97 bits per heavy atom. The first-order chi connectivity index (χ1) is 13.7. The number of hydrogen-bond donors (Lipinski definition) is 3. The van der Waals surface area contributed by atoms with Crippen molar-refractivity contribution in [2.75, 3.05) is 31.2 Å². The summed E-state index contributed by atoms with van der Waals surface area (Å²) in [6.07, 6.45) is 1.02. The Labute approximate surface area is 174 Å². The van der Waals surface area contributed by atoms with Gasteiger partial charge < -0.3 is 16.0 Å². The first-order valence-electron chi connectivity index (χ1n) is 9.00. The van der Waals surface area contributed by atoms with E-state index in [4.69, 9.17) is 0 Å². The van der Waals surface area contributed by atoms with Crippen molar-refractivity contribution in [1.82, 2.24) is 10.6 Å². The van der Waals surface area contributed by atoms with Crippen LogP contribution in [0.15, 0.2) is 40.2 Å². The van der Waals surface area contributed by atoms with Crippen molar-refractivity contribution < 1.29 is 13.3 Å². The molecule has 0 saturated carbocycles. The third-order valence-electron chi connectivity index (χ3n) is 3.86. The van der Waals surface area contributed by atoms with Gasteiger partial charge in [-0.1, -0.05) is 0 Å². The lowest BCUT2D eigenvalue weighted by Gasteiger charge is -2.12. The topological polar surface area (TPSA) is 126 Å². The second-order valence-corrected chi connectivity index (χ2v) is 9.66. The van der Waals surface area contributed by atoms with E-state index in [-0.39, 0.29) is 16.3 Å². The molecule has 0 aliphatic rings. The summed E-state index contributed by atoms with van der Waals surface area (Å²) in [6, 6.07) is 7.94. The van der Waals surface area contributed by atoms with Crippen LogP contribution in [-0.4, -0.2) is 45.2 Å². The molecule has 1 heterocycles. The van der Waals surface area contributed by atoms with Crippen LogP contribution in [0.1, 0.15) is 16.7 Å². The molecule has 11 heteroatoms. The Bertz CT molecular complexity index is 986. The van der Waals surface area contributed by atoms with Gasteiger partial charge in [0.2, 0.25) is 0 Å². The van der Waals surface area contributed by atoms with Crippen LogP contribution in [0.25, 0.3) is 0 Å². The highest BCUT2D eigenvalue weighted by molar-refractivity contribution is 7.90. The summed E-state index contributed by atoms with van der Waals surface area (Å²) in [6.45, 7) is 6.16. The third-order valence-corrected chi connectivity index (χ3v) is 5.96. The molecular formula is C18H25N5O4S2. The third kappa shape index (κ3) is 7.02. The van der Waals surface area contributed by atoms with Gasteiger partial charge in [0.15, 0.2) is 15.8 Å². The molecule has 3 N–H and O–H groups in total. The van der Waals surface area contributed by atoms with Gasteiger partial charge in [-0.3, -0.25) is 10.1 Å². The van der Waals surface area contributed by atoms with Gasteiger partial charge in [-0.2, -0.15) is 0 Å². The number of benzene rings is 1. The zero-order valence-electron chi connectivity index (χ0n) is 16.6. The molecule has 1 aromatic carbocycles. The summed E-state index contributed by atoms with van der Waals surface area (Å²) < 4.78 is 23.2. The van der Waals surface area contributed by atoms with Crippen LogP contribution in [0.3, 0.4) is 0 Å². The minimum absolute atomic E-state index is 0.0849. The Balaban J connectivity index is 1.96. The molecule has 2 rings (SSSR count). The average molecular weight is 440 g/mol. The van der Waals surface area contributed by atoms with E-state index in [1.807, 2.05) is 13.0 Å². The number of nitro benzene ring substituents is 1. The smallest absolute Gasteiger partial charge is 0.293 e. The van der Waals surface area contributed by atoms with Crippen molar-refractivity contribution in [2.45, 2.75) is 25.3 Å². The molecule has 0 spiro atoms. The lowest BCUT2D eigenvalue weighted by molar-refractivity contribution is -0.384. The van der Waals surface area contributed by atoms with Crippen LogP contribution in [0, 0.1) is 17.0 Å². The van der Waals surface area contributed by atoms with E-state index < -0.39 is 14.8 Å². The number of rotatable bonds is 9. The molecule has 0 atom stereocenters. The predicted octanol–water partition coefficient (Wildman–Crippen LogP) is 2.54. The number of hydrogen-bond acceptors (Lipinski definition) is 7. The second kappa shape index (κ2) is 10.2. The number of aryl methyl sites for hydroxylation is 1. The fourth-order valence-electron chi connectivity index (χ4n) is 2.49. The zero-order valence-corrected chi connectivity index (χ0v) is 18.2. The number of guanidine groups is 1. The maximum absolute atomic E-state index is 11.6. The van der Waals surface area contributed by atoms with Gasteiger partial charge in [0.05, 0.1) is 16.4 Å². The van der Waals surface area contributed by atoms with Crippen molar-refractivity contribution >= 4 is 38.5 Å². The number of anilines is 1. The number of sulfone groups is 1. The number of nitrogens with one attached hydrogen (secondary N) is 3. The monoisotopic (exact) mass is 439 g/mol. The maximum atomic E-state index is 11.6. The molecule has 0 saturated heterocycles. The highest BCUT2D eigenvalue weighted by atomic mass is 32.2. The van der Waals surface area contributed by atoms with E-state index in [1.54, 1.807) is 11.3 Å². The molecule has 1 aromatic heterocycles. The summed E-state index contributed by atoms with van der Waals surface area (Å²) in [7, 11) is -3.51. The van der Waals surface area contributed by atoms with Crippen molar-refractivity contribution in [3.05, 3.63) is 50.2 Å². The van der Waals surface area contributed by atoms with Crippen LogP contribution >= 0.6 is 11.3 Å². The Morgan fingerprint density at radius 3 is 2.55 bits per heavy atom. The van der Waals surface area contributed by atoms with E-state index in [9.17, 15) is 18.5 Å². The standard InChI is InChI=1S/C18H25N5O4S2/c1-4-19-18(22-12-14-6-5-13(2)28-14)21-10-9-20-16-8-7-15(29(3,26)27)11-17(16)23(24)25/h5-8,11,20H,4,9-10,12H2,1-3H3,(H2,19,21,22). The predicted molar refractivity (Wildman–Crippen MR) is 117 cm³/mol. The second-order valence-electron chi connectivity index (χ2n) is 6.27. The van der Waals surface area contributed by atoms with Crippen LogP contribution < -0.4 is 16.0 Å². The summed E-state index contributed by atoms with van der Waals surface area (Å²) in [5, 5.41) is 20.6. The summed E-state index contributed by atoms with van der Waals surface area (Å²) in [4.78, 5) is 17.5. The van der Waals surface area contributed by atoms with Crippen LogP contribution in [-0.2, 0) is 16.4 Å². The van der Waals surface area contributed by atoms with Crippen LogP contribution in [0.2, 0.25) is 0 Å². The van der Waals surface area contributed by atoms with Crippen molar-refractivity contribution in [3.63, 3.8) is 0 Å². The molecule has 29 heavy (non-hydrogen) atoms. The van der Waals surface area contributed by atoms with Gasteiger partial charge in [-0.05, 0) is 38.1 Å². The quantitative estimate of drug-likeness (QED) is 0.180. The Hall–Kier alpha value is -2.66. The van der Waals surface area contributed by atoms with Gasteiger partial charge in [0, 0.05) is 41.7 Å². The molecule has 0 fully saturated rings. The van der Waals surface area contributed by atoms with Gasteiger partial charge >= 0.3 is 0 Å². The summed E-state index contributed by atoms with van der Waals surface area (Å²) in [5.41, 5.74) is -0.0123. The lowest BCUT2D eigenvalue weighted by Crippen LogP contribution is -2.39. The number of thiophene rings is 1. The highest BCUT2D eigenvalue weighted by Gasteiger charge is 2.18. The van der Waals surface area contributed by atoms with Gasteiger partial charge in [0.1, 0.15) is 5.69 Å². The fourth-order valence-corrected chi connectivity index (χ4v) is 3.95. The molecule has 0 amide bonds.